The van der Waals surface area contributed by atoms with Crippen LogP contribution in [-0.4, -0.2) is 25.2 Å². The van der Waals surface area contributed by atoms with Crippen molar-refractivity contribution in [3.63, 3.8) is 0 Å². The van der Waals surface area contributed by atoms with E-state index in [1.54, 1.807) is 17.1 Å². The fourth-order valence-electron chi connectivity index (χ4n) is 3.08. The molecule has 0 saturated heterocycles. The fraction of sp³-hybridized carbons (Fsp3) is 0.211. The number of hydrogen-bond donors (Lipinski definition) is 1. The van der Waals surface area contributed by atoms with Crippen molar-refractivity contribution in [3.8, 4) is 17.3 Å². The third-order valence-corrected chi connectivity index (χ3v) is 4.40. The van der Waals surface area contributed by atoms with Crippen LogP contribution in [-0.2, 0) is 11.3 Å². The van der Waals surface area contributed by atoms with Crippen LogP contribution in [0.15, 0.2) is 53.5 Å². The number of amides is 1. The third-order valence-electron chi connectivity index (χ3n) is 4.40. The lowest BCUT2D eigenvalue weighted by molar-refractivity contribution is -0.118. The molecule has 7 heteroatoms. The van der Waals surface area contributed by atoms with Gasteiger partial charge in [-0.1, -0.05) is 18.2 Å². The van der Waals surface area contributed by atoms with E-state index in [0.717, 1.165) is 33.8 Å². The van der Waals surface area contributed by atoms with Crippen molar-refractivity contribution in [2.24, 2.45) is 5.73 Å². The number of primary amides is 1. The maximum atomic E-state index is 10.9. The van der Waals surface area contributed by atoms with Gasteiger partial charge in [0.15, 0.2) is 11.6 Å². The highest BCUT2D eigenvalue weighted by Crippen LogP contribution is 2.32. The highest BCUT2D eigenvalue weighted by atomic mass is 16.3. The Balaban J connectivity index is 1.66. The van der Waals surface area contributed by atoms with Crippen molar-refractivity contribution in [3.05, 3.63) is 54.6 Å². The molecule has 0 atom stereocenters. The van der Waals surface area contributed by atoms with Gasteiger partial charge in [-0.05, 0) is 19.4 Å². The number of rotatable bonds is 6. The molecule has 0 aliphatic carbocycles. The SMILES string of the molecule is Cc1c(-c2nccn2-c2cnn(CCCC(N)=O)c2)oc2ccccc12. The number of carbonyl (C=O) groups is 1. The van der Waals surface area contributed by atoms with Crippen LogP contribution in [0.2, 0.25) is 0 Å². The minimum atomic E-state index is -0.297. The molecule has 7 nitrogen and oxygen atoms in total. The van der Waals surface area contributed by atoms with Gasteiger partial charge in [0.2, 0.25) is 5.91 Å². The lowest BCUT2D eigenvalue weighted by atomic mass is 10.1. The van der Waals surface area contributed by atoms with E-state index in [-0.39, 0.29) is 5.91 Å². The van der Waals surface area contributed by atoms with Crippen molar-refractivity contribution in [2.75, 3.05) is 0 Å². The number of para-hydroxylation sites is 1. The van der Waals surface area contributed by atoms with Crippen LogP contribution in [0.5, 0.6) is 0 Å². The average molecular weight is 349 g/mol. The fourth-order valence-corrected chi connectivity index (χ4v) is 3.08. The van der Waals surface area contributed by atoms with E-state index in [0.29, 0.717) is 19.4 Å². The van der Waals surface area contributed by atoms with Gasteiger partial charge in [-0.15, -0.1) is 0 Å². The smallest absolute Gasteiger partial charge is 0.217 e. The van der Waals surface area contributed by atoms with Gasteiger partial charge in [-0.3, -0.25) is 14.0 Å². The second-order valence-corrected chi connectivity index (χ2v) is 6.20. The Hall–Kier alpha value is -3.35. The predicted molar refractivity (Wildman–Crippen MR) is 97.7 cm³/mol. The summed E-state index contributed by atoms with van der Waals surface area (Å²) in [5.74, 6) is 1.18. The zero-order chi connectivity index (χ0) is 18.1. The van der Waals surface area contributed by atoms with Crippen LogP contribution in [0.4, 0.5) is 0 Å². The molecule has 3 aromatic heterocycles. The Labute approximate surface area is 150 Å². The third kappa shape index (κ3) is 2.88. The molecular formula is C19H19N5O2. The number of furan rings is 1. The number of nitrogens with zero attached hydrogens (tertiary/aromatic N) is 4. The number of benzene rings is 1. The summed E-state index contributed by atoms with van der Waals surface area (Å²) in [6.07, 6.45) is 8.33. The molecule has 0 unspecified atom stereocenters. The first-order valence-electron chi connectivity index (χ1n) is 8.46. The van der Waals surface area contributed by atoms with Gasteiger partial charge in [0.05, 0.1) is 11.9 Å². The predicted octanol–water partition coefficient (Wildman–Crippen LogP) is 3.06. The van der Waals surface area contributed by atoms with Crippen LogP contribution in [0.25, 0.3) is 28.2 Å². The number of imidazole rings is 1. The number of aryl methyl sites for hydroxylation is 2. The number of nitrogens with two attached hydrogens (primary N) is 1. The number of aromatic nitrogens is 4. The molecule has 0 aliphatic heterocycles. The standard InChI is InChI=1S/C19H19N5O2/c1-13-15-5-2-3-6-16(15)26-18(13)19-21-8-10-24(19)14-11-22-23(12-14)9-4-7-17(20)25/h2-3,5-6,8,10-12H,4,7,9H2,1H3,(H2,20,25). The molecule has 26 heavy (non-hydrogen) atoms. The Morgan fingerprint density at radius 2 is 2.15 bits per heavy atom. The van der Waals surface area contributed by atoms with Gasteiger partial charge in [-0.25, -0.2) is 4.98 Å². The van der Waals surface area contributed by atoms with Gasteiger partial charge in [0.1, 0.15) is 5.58 Å². The zero-order valence-electron chi connectivity index (χ0n) is 14.4. The molecule has 0 fully saturated rings. The highest BCUT2D eigenvalue weighted by molar-refractivity contribution is 5.86. The Kier molecular flexibility index (Phi) is 4.04. The van der Waals surface area contributed by atoms with Crippen LogP contribution < -0.4 is 5.73 Å². The number of hydrogen-bond acceptors (Lipinski definition) is 4. The summed E-state index contributed by atoms with van der Waals surface area (Å²) in [4.78, 5) is 15.3. The lowest BCUT2D eigenvalue weighted by Gasteiger charge is -2.04. The second kappa shape index (κ2) is 6.51. The zero-order valence-corrected chi connectivity index (χ0v) is 14.4. The topological polar surface area (TPSA) is 91.9 Å². The normalized spacial score (nSPS) is 11.3. The van der Waals surface area contributed by atoms with Gasteiger partial charge < -0.3 is 10.2 Å². The molecule has 4 rings (SSSR count). The molecule has 0 aliphatic rings. The van der Waals surface area contributed by atoms with E-state index in [1.165, 1.54) is 0 Å². The van der Waals surface area contributed by atoms with Crippen molar-refractivity contribution < 1.29 is 9.21 Å². The molecule has 132 valence electrons. The Morgan fingerprint density at radius 1 is 1.31 bits per heavy atom. The Bertz CT molecular complexity index is 1070. The number of carbonyl (C=O) groups excluding carboxylic acids is 1. The lowest BCUT2D eigenvalue weighted by Crippen LogP contribution is -2.11. The monoisotopic (exact) mass is 349 g/mol. The van der Waals surface area contributed by atoms with E-state index in [2.05, 4.69) is 10.1 Å². The van der Waals surface area contributed by atoms with E-state index < -0.39 is 0 Å². The van der Waals surface area contributed by atoms with Gasteiger partial charge in [-0.2, -0.15) is 5.10 Å². The highest BCUT2D eigenvalue weighted by Gasteiger charge is 2.18. The Morgan fingerprint density at radius 3 is 2.96 bits per heavy atom. The van der Waals surface area contributed by atoms with Crippen molar-refractivity contribution in [1.29, 1.82) is 0 Å². The van der Waals surface area contributed by atoms with Crippen LogP contribution in [0, 0.1) is 6.92 Å². The summed E-state index contributed by atoms with van der Waals surface area (Å²) < 4.78 is 9.79. The molecule has 1 amide bonds. The van der Waals surface area contributed by atoms with E-state index >= 15 is 0 Å². The molecule has 4 aromatic rings. The van der Waals surface area contributed by atoms with Crippen LogP contribution in [0.1, 0.15) is 18.4 Å². The molecule has 0 spiro atoms. The number of fused-ring (bicyclic) bond motifs is 1. The molecule has 0 radical (unpaired) electrons. The van der Waals surface area contributed by atoms with Crippen molar-refractivity contribution in [2.45, 2.75) is 26.3 Å². The van der Waals surface area contributed by atoms with E-state index in [4.69, 9.17) is 10.2 Å². The second-order valence-electron chi connectivity index (χ2n) is 6.20. The maximum Gasteiger partial charge on any atom is 0.217 e. The summed E-state index contributed by atoms with van der Waals surface area (Å²) in [6, 6.07) is 7.95. The molecule has 3 heterocycles. The first kappa shape index (κ1) is 16.1. The summed E-state index contributed by atoms with van der Waals surface area (Å²) in [5.41, 5.74) is 7.96. The van der Waals surface area contributed by atoms with Gasteiger partial charge in [0.25, 0.3) is 0 Å². The van der Waals surface area contributed by atoms with Crippen molar-refractivity contribution >= 4 is 16.9 Å². The molecule has 2 N–H and O–H groups in total. The van der Waals surface area contributed by atoms with Gasteiger partial charge >= 0.3 is 0 Å². The maximum absolute atomic E-state index is 10.9. The largest absolute Gasteiger partial charge is 0.452 e. The average Bonchev–Trinajstić information content (AvgIpc) is 3.33. The minimum absolute atomic E-state index is 0.297. The minimum Gasteiger partial charge on any atom is -0.452 e. The van der Waals surface area contributed by atoms with Crippen LogP contribution >= 0.6 is 0 Å². The molecular weight excluding hydrogens is 330 g/mol. The summed E-state index contributed by atoms with van der Waals surface area (Å²) >= 11 is 0. The summed E-state index contributed by atoms with van der Waals surface area (Å²) in [5, 5.41) is 5.44. The first-order chi connectivity index (χ1) is 12.6. The van der Waals surface area contributed by atoms with Crippen LogP contribution in [0.3, 0.4) is 0 Å². The van der Waals surface area contributed by atoms with Gasteiger partial charge in [0, 0.05) is 42.5 Å². The summed E-state index contributed by atoms with van der Waals surface area (Å²) in [7, 11) is 0. The first-order valence-corrected chi connectivity index (χ1v) is 8.46. The molecule has 0 saturated carbocycles. The quantitative estimate of drug-likeness (QED) is 0.579. The van der Waals surface area contributed by atoms with Crippen molar-refractivity contribution in [1.82, 2.24) is 19.3 Å². The molecule has 1 aromatic carbocycles. The van der Waals surface area contributed by atoms with E-state index in [1.807, 2.05) is 48.1 Å². The summed E-state index contributed by atoms with van der Waals surface area (Å²) in [6.45, 7) is 2.67. The van der Waals surface area contributed by atoms with E-state index in [9.17, 15) is 4.79 Å². The molecule has 0 bridgehead atoms.